The first-order valence-electron chi connectivity index (χ1n) is 29.5. The maximum Gasteiger partial charge on any atom is 0.306 e. The lowest BCUT2D eigenvalue weighted by Gasteiger charge is -2.18. The number of ether oxygens (including phenoxy) is 3. The fourth-order valence-corrected chi connectivity index (χ4v) is 9.15. The van der Waals surface area contributed by atoms with Gasteiger partial charge in [0.2, 0.25) is 0 Å². The monoisotopic (exact) mass is 919 g/mol. The summed E-state index contributed by atoms with van der Waals surface area (Å²) in [5.74, 6) is -0.840. The Morgan fingerprint density at radius 2 is 0.415 bits per heavy atom. The second-order valence-electron chi connectivity index (χ2n) is 20.3. The van der Waals surface area contributed by atoms with Gasteiger partial charge in [0.1, 0.15) is 13.2 Å². The quantitative estimate of drug-likeness (QED) is 0.0344. The van der Waals surface area contributed by atoms with E-state index in [-0.39, 0.29) is 31.1 Å². The van der Waals surface area contributed by atoms with Crippen LogP contribution in [0.3, 0.4) is 0 Å². The molecule has 0 heterocycles. The third kappa shape index (κ3) is 53.2. The van der Waals surface area contributed by atoms with Gasteiger partial charge in [-0.3, -0.25) is 14.4 Å². The fraction of sp³-hybridized carbons (Fsp3) is 0.949. The molecule has 0 rings (SSSR count). The summed E-state index contributed by atoms with van der Waals surface area (Å²) >= 11 is 0. The number of rotatable bonds is 55. The van der Waals surface area contributed by atoms with Crippen LogP contribution in [0.1, 0.15) is 342 Å². The number of unbranched alkanes of at least 4 members (excludes halogenated alkanes) is 44. The molecule has 1 atom stereocenters. The summed E-state index contributed by atoms with van der Waals surface area (Å²) in [6, 6.07) is 0. The zero-order chi connectivity index (χ0) is 47.2. The molecule has 0 aliphatic rings. The smallest absolute Gasteiger partial charge is 0.306 e. The molecule has 0 fully saturated rings. The highest BCUT2D eigenvalue weighted by Crippen LogP contribution is 2.18. The summed E-state index contributed by atoms with van der Waals surface area (Å²) in [6.07, 6.45) is 61.2. The topological polar surface area (TPSA) is 78.9 Å². The molecule has 0 aromatic heterocycles. The summed E-state index contributed by atoms with van der Waals surface area (Å²) < 4.78 is 16.8. The Morgan fingerprint density at radius 1 is 0.246 bits per heavy atom. The molecule has 0 amide bonds. The van der Waals surface area contributed by atoms with Crippen molar-refractivity contribution >= 4 is 17.9 Å². The van der Waals surface area contributed by atoms with Crippen LogP contribution >= 0.6 is 0 Å². The number of hydrogen-bond donors (Lipinski definition) is 0. The molecule has 0 aromatic carbocycles. The zero-order valence-corrected chi connectivity index (χ0v) is 44.3. The van der Waals surface area contributed by atoms with Crippen molar-refractivity contribution in [2.45, 2.75) is 348 Å². The van der Waals surface area contributed by atoms with E-state index in [0.29, 0.717) is 19.3 Å². The van der Waals surface area contributed by atoms with Gasteiger partial charge in [0.25, 0.3) is 0 Å². The number of esters is 3. The Labute approximate surface area is 406 Å². The Bertz CT molecular complexity index is 967. The first kappa shape index (κ1) is 63.4. The Kier molecular flexibility index (Phi) is 53.7. The van der Waals surface area contributed by atoms with Gasteiger partial charge in [0, 0.05) is 19.3 Å². The summed E-state index contributed by atoms with van der Waals surface area (Å²) in [7, 11) is 0. The van der Waals surface area contributed by atoms with Gasteiger partial charge in [0.05, 0.1) is 0 Å². The average molecular weight is 920 g/mol. The molecule has 0 aliphatic heterocycles. The molecule has 65 heavy (non-hydrogen) atoms. The highest BCUT2D eigenvalue weighted by molar-refractivity contribution is 5.71. The summed E-state index contributed by atoms with van der Waals surface area (Å²) in [4.78, 5) is 38.0. The van der Waals surface area contributed by atoms with Crippen molar-refractivity contribution in [2.24, 2.45) is 0 Å². The van der Waals surface area contributed by atoms with Gasteiger partial charge in [-0.05, 0) is 19.3 Å². The van der Waals surface area contributed by atoms with Crippen molar-refractivity contribution in [3.05, 3.63) is 0 Å². The third-order valence-electron chi connectivity index (χ3n) is 13.6. The highest BCUT2D eigenvalue weighted by Gasteiger charge is 2.19. The predicted octanol–water partition coefficient (Wildman–Crippen LogP) is 19.5. The lowest BCUT2D eigenvalue weighted by Crippen LogP contribution is -2.30. The summed E-state index contributed by atoms with van der Waals surface area (Å²) in [6.45, 7) is 6.68. The predicted molar refractivity (Wildman–Crippen MR) is 280 cm³/mol. The van der Waals surface area contributed by atoms with Crippen LogP contribution < -0.4 is 0 Å². The molecule has 6 heteroatoms. The molecule has 0 N–H and O–H groups in total. The molecule has 6 nitrogen and oxygen atoms in total. The zero-order valence-electron chi connectivity index (χ0n) is 44.3. The maximum absolute atomic E-state index is 12.8. The van der Waals surface area contributed by atoms with E-state index in [0.717, 1.165) is 57.8 Å². The first-order chi connectivity index (χ1) is 32.0. The molecule has 386 valence electrons. The molecule has 1 unspecified atom stereocenters. The largest absolute Gasteiger partial charge is 0.462 e. The van der Waals surface area contributed by atoms with Gasteiger partial charge < -0.3 is 14.2 Å². The van der Waals surface area contributed by atoms with E-state index in [1.165, 1.54) is 244 Å². The van der Waals surface area contributed by atoms with Gasteiger partial charge in [-0.1, -0.05) is 303 Å². The van der Waals surface area contributed by atoms with Crippen molar-refractivity contribution in [3.63, 3.8) is 0 Å². The second kappa shape index (κ2) is 55.0. The summed E-state index contributed by atoms with van der Waals surface area (Å²) in [5, 5.41) is 0. The van der Waals surface area contributed by atoms with E-state index in [1.807, 2.05) is 0 Å². The Morgan fingerprint density at radius 3 is 0.615 bits per heavy atom. The minimum absolute atomic E-state index is 0.0617. The van der Waals surface area contributed by atoms with E-state index in [1.54, 1.807) is 0 Å². The SMILES string of the molecule is CCCCCCCCCCCCCCCCCCCCCCCCCCCCC(=O)OCC(COC(=O)CCCCCCCCCCC)OC(=O)CCCCCCCCCCCCCC. The molecule has 0 bridgehead atoms. The molecule has 0 radical (unpaired) electrons. The van der Waals surface area contributed by atoms with Crippen LogP contribution in [0.15, 0.2) is 0 Å². The van der Waals surface area contributed by atoms with Gasteiger partial charge in [-0.25, -0.2) is 0 Å². The van der Waals surface area contributed by atoms with E-state index in [4.69, 9.17) is 14.2 Å². The van der Waals surface area contributed by atoms with E-state index < -0.39 is 6.10 Å². The molecule has 0 saturated heterocycles. The normalized spacial score (nSPS) is 11.9. The maximum atomic E-state index is 12.8. The van der Waals surface area contributed by atoms with Crippen molar-refractivity contribution in [1.29, 1.82) is 0 Å². The molecule has 0 aliphatic carbocycles. The van der Waals surface area contributed by atoms with Crippen LogP contribution in [0.2, 0.25) is 0 Å². The van der Waals surface area contributed by atoms with Crippen molar-refractivity contribution in [3.8, 4) is 0 Å². The van der Waals surface area contributed by atoms with Gasteiger partial charge in [0.15, 0.2) is 6.10 Å². The van der Waals surface area contributed by atoms with Crippen LogP contribution in [0.25, 0.3) is 0 Å². The van der Waals surface area contributed by atoms with Gasteiger partial charge in [-0.15, -0.1) is 0 Å². The van der Waals surface area contributed by atoms with Crippen molar-refractivity contribution in [2.75, 3.05) is 13.2 Å². The molecule has 0 spiro atoms. The number of carbonyl (C=O) groups excluding carboxylic acids is 3. The van der Waals surface area contributed by atoms with Crippen molar-refractivity contribution < 1.29 is 28.6 Å². The van der Waals surface area contributed by atoms with Crippen LogP contribution in [0.5, 0.6) is 0 Å². The van der Waals surface area contributed by atoms with Gasteiger partial charge in [-0.2, -0.15) is 0 Å². The average Bonchev–Trinajstić information content (AvgIpc) is 3.30. The Hall–Kier alpha value is -1.59. The molecule has 0 saturated carbocycles. The minimum Gasteiger partial charge on any atom is -0.462 e. The van der Waals surface area contributed by atoms with E-state index in [2.05, 4.69) is 20.8 Å². The number of carbonyl (C=O) groups is 3. The molecular weight excluding hydrogens is 805 g/mol. The standard InChI is InChI=1S/C59H114O6/c1-4-7-10-13-16-19-21-23-24-25-26-27-28-29-30-31-32-33-34-35-36-38-40-43-46-49-52-58(61)64-55-56(54-63-57(60)51-48-45-42-39-18-15-12-9-6-3)65-59(62)53-50-47-44-41-37-22-20-17-14-11-8-5-2/h56H,4-55H2,1-3H3. The van der Waals surface area contributed by atoms with Crippen molar-refractivity contribution in [1.82, 2.24) is 0 Å². The van der Waals surface area contributed by atoms with E-state index >= 15 is 0 Å². The van der Waals surface area contributed by atoms with Crippen LogP contribution in [0, 0.1) is 0 Å². The lowest BCUT2D eigenvalue weighted by atomic mass is 10.0. The minimum atomic E-state index is -0.759. The van der Waals surface area contributed by atoms with Crippen LogP contribution in [-0.2, 0) is 28.6 Å². The second-order valence-corrected chi connectivity index (χ2v) is 20.3. The molecular formula is C59H114O6. The number of hydrogen-bond acceptors (Lipinski definition) is 6. The van der Waals surface area contributed by atoms with Crippen LogP contribution in [0.4, 0.5) is 0 Å². The first-order valence-corrected chi connectivity index (χ1v) is 29.5. The Balaban J connectivity index is 4.05. The summed E-state index contributed by atoms with van der Waals surface area (Å²) in [5.41, 5.74) is 0. The van der Waals surface area contributed by atoms with Crippen LogP contribution in [-0.4, -0.2) is 37.2 Å². The fourth-order valence-electron chi connectivity index (χ4n) is 9.15. The van der Waals surface area contributed by atoms with Gasteiger partial charge >= 0.3 is 17.9 Å². The lowest BCUT2D eigenvalue weighted by molar-refractivity contribution is -0.167. The van der Waals surface area contributed by atoms with E-state index in [9.17, 15) is 14.4 Å². The molecule has 0 aromatic rings. The highest BCUT2D eigenvalue weighted by atomic mass is 16.6. The third-order valence-corrected chi connectivity index (χ3v) is 13.6.